The van der Waals surface area contributed by atoms with Gasteiger partial charge in [0.1, 0.15) is 23.6 Å². The molecule has 1 saturated heterocycles. The summed E-state index contributed by atoms with van der Waals surface area (Å²) in [6.07, 6.45) is 5.50. The highest BCUT2D eigenvalue weighted by Crippen LogP contribution is 2.34. The van der Waals surface area contributed by atoms with Gasteiger partial charge in [0, 0.05) is 37.0 Å². The first-order chi connectivity index (χ1) is 17.4. The van der Waals surface area contributed by atoms with E-state index >= 15 is 0 Å². The van der Waals surface area contributed by atoms with Crippen molar-refractivity contribution in [2.75, 3.05) is 30.4 Å². The van der Waals surface area contributed by atoms with E-state index in [1.165, 1.54) is 18.5 Å². The van der Waals surface area contributed by atoms with Crippen molar-refractivity contribution in [3.05, 3.63) is 46.4 Å². The van der Waals surface area contributed by atoms with E-state index in [0.29, 0.717) is 41.6 Å². The predicted octanol–water partition coefficient (Wildman–Crippen LogP) is 4.14. The Labute approximate surface area is 216 Å². The van der Waals surface area contributed by atoms with Crippen molar-refractivity contribution in [2.24, 2.45) is 5.92 Å². The Morgan fingerprint density at radius 3 is 2.53 bits per heavy atom. The van der Waals surface area contributed by atoms with Gasteiger partial charge in [0.25, 0.3) is 5.91 Å². The number of anilines is 2. The average Bonchev–Trinajstić information content (AvgIpc) is 3.23. The maximum Gasteiger partial charge on any atom is 0.294 e. The Morgan fingerprint density at radius 1 is 1.03 bits per heavy atom. The van der Waals surface area contributed by atoms with Gasteiger partial charge in [-0.3, -0.25) is 14.4 Å². The molecule has 5 rings (SSSR count). The number of amides is 3. The van der Waals surface area contributed by atoms with E-state index in [9.17, 15) is 14.4 Å². The second-order valence-electron chi connectivity index (χ2n) is 8.76. The molecule has 3 aromatic rings. The molecule has 3 aromatic heterocycles. The van der Waals surface area contributed by atoms with Crippen LogP contribution in [0.3, 0.4) is 0 Å². The maximum absolute atomic E-state index is 13.2. The molecule has 1 aliphatic heterocycles. The molecule has 188 valence electrons. The SMILES string of the molecule is O=C(Nc1ccc(Cl)cn1)c1oc2cc(Cl)cnc2c1NC(=O)C1CCC(N2CCOCC2=O)CC1. The van der Waals surface area contributed by atoms with Gasteiger partial charge in [0.2, 0.25) is 17.6 Å². The van der Waals surface area contributed by atoms with Gasteiger partial charge in [-0.15, -0.1) is 0 Å². The molecule has 3 amide bonds. The monoisotopic (exact) mass is 531 g/mol. The molecule has 36 heavy (non-hydrogen) atoms. The third-order valence-electron chi connectivity index (χ3n) is 6.45. The molecule has 1 saturated carbocycles. The largest absolute Gasteiger partial charge is 0.447 e. The number of morpholine rings is 1. The van der Waals surface area contributed by atoms with E-state index in [-0.39, 0.29) is 53.2 Å². The molecule has 2 fully saturated rings. The van der Waals surface area contributed by atoms with E-state index in [4.69, 9.17) is 32.4 Å². The predicted molar refractivity (Wildman–Crippen MR) is 133 cm³/mol. The van der Waals surface area contributed by atoms with Crippen LogP contribution < -0.4 is 10.6 Å². The number of nitrogens with one attached hydrogen (secondary N) is 2. The number of halogens is 2. The molecular weight excluding hydrogens is 509 g/mol. The van der Waals surface area contributed by atoms with Gasteiger partial charge in [-0.1, -0.05) is 23.2 Å². The Kier molecular flexibility index (Phi) is 7.08. The molecule has 0 unspecified atom stereocenters. The molecule has 1 aliphatic carbocycles. The lowest BCUT2D eigenvalue weighted by Gasteiger charge is -2.38. The lowest BCUT2D eigenvalue weighted by molar-refractivity contribution is -0.146. The molecular formula is C24H23Cl2N5O5. The summed E-state index contributed by atoms with van der Waals surface area (Å²) in [6, 6.07) is 4.78. The fourth-order valence-corrected chi connectivity index (χ4v) is 4.90. The minimum atomic E-state index is -0.608. The fourth-order valence-electron chi connectivity index (χ4n) is 4.64. The van der Waals surface area contributed by atoms with E-state index in [2.05, 4.69) is 20.6 Å². The van der Waals surface area contributed by atoms with E-state index in [0.717, 1.165) is 12.8 Å². The smallest absolute Gasteiger partial charge is 0.294 e. The molecule has 12 heteroatoms. The van der Waals surface area contributed by atoms with Crippen LogP contribution in [-0.2, 0) is 14.3 Å². The third-order valence-corrected chi connectivity index (χ3v) is 6.88. The Morgan fingerprint density at radius 2 is 1.81 bits per heavy atom. The average molecular weight is 532 g/mol. The summed E-state index contributed by atoms with van der Waals surface area (Å²) in [5.74, 6) is -0.969. The summed E-state index contributed by atoms with van der Waals surface area (Å²) in [6.45, 7) is 1.23. The van der Waals surface area contributed by atoms with Gasteiger partial charge >= 0.3 is 0 Å². The Bertz CT molecular complexity index is 1300. The third kappa shape index (κ3) is 5.16. The van der Waals surface area contributed by atoms with Gasteiger partial charge in [0.05, 0.1) is 16.7 Å². The molecule has 2 aliphatic rings. The molecule has 10 nitrogen and oxygen atoms in total. The lowest BCUT2D eigenvalue weighted by atomic mass is 9.84. The second-order valence-corrected chi connectivity index (χ2v) is 9.63. The standard InChI is InChI=1S/C24H23Cl2N5O5/c25-14-3-6-18(27-10-14)29-24(34)22-21(20-17(36-22)9-15(26)11-28-20)30-23(33)13-1-4-16(5-2-13)31-7-8-35-12-19(31)32/h3,6,9-11,13,16H,1-2,4-5,7-8,12H2,(H,30,33)(H,27,29,34). The van der Waals surface area contributed by atoms with Crippen LogP contribution in [0.1, 0.15) is 36.2 Å². The van der Waals surface area contributed by atoms with Crippen LogP contribution in [0.2, 0.25) is 10.0 Å². The number of carbonyl (C=O) groups is 3. The highest BCUT2D eigenvalue weighted by atomic mass is 35.5. The molecule has 0 radical (unpaired) electrons. The molecule has 0 atom stereocenters. The zero-order valence-electron chi connectivity index (χ0n) is 19.1. The number of rotatable bonds is 5. The molecule has 4 heterocycles. The van der Waals surface area contributed by atoms with Crippen molar-refractivity contribution >= 4 is 63.5 Å². The molecule has 2 N–H and O–H groups in total. The van der Waals surface area contributed by atoms with Crippen molar-refractivity contribution in [3.8, 4) is 0 Å². The van der Waals surface area contributed by atoms with Crippen LogP contribution in [0.15, 0.2) is 35.0 Å². The fraction of sp³-hybridized carbons (Fsp3) is 0.375. The van der Waals surface area contributed by atoms with Gasteiger partial charge in [-0.2, -0.15) is 0 Å². The summed E-state index contributed by atoms with van der Waals surface area (Å²) in [5.41, 5.74) is 0.750. The summed E-state index contributed by atoms with van der Waals surface area (Å²) in [4.78, 5) is 48.6. The minimum Gasteiger partial charge on any atom is -0.447 e. The van der Waals surface area contributed by atoms with Crippen LogP contribution in [-0.4, -0.2) is 58.4 Å². The van der Waals surface area contributed by atoms with Crippen LogP contribution in [0.25, 0.3) is 11.1 Å². The maximum atomic E-state index is 13.2. The zero-order valence-corrected chi connectivity index (χ0v) is 20.6. The number of nitrogens with zero attached hydrogens (tertiary/aromatic N) is 3. The van der Waals surface area contributed by atoms with E-state index < -0.39 is 5.91 Å². The summed E-state index contributed by atoms with van der Waals surface area (Å²) >= 11 is 11.9. The van der Waals surface area contributed by atoms with Crippen LogP contribution in [0.5, 0.6) is 0 Å². The Balaban J connectivity index is 1.32. The number of aromatic nitrogens is 2. The second kappa shape index (κ2) is 10.4. The zero-order chi connectivity index (χ0) is 25.2. The van der Waals surface area contributed by atoms with Crippen molar-refractivity contribution in [1.29, 1.82) is 0 Å². The molecule has 0 spiro atoms. The van der Waals surface area contributed by atoms with Gasteiger partial charge in [-0.05, 0) is 37.8 Å². The number of ether oxygens (including phenoxy) is 1. The minimum absolute atomic E-state index is 0.00501. The first kappa shape index (κ1) is 24.5. The topological polar surface area (TPSA) is 127 Å². The number of hydrogen-bond donors (Lipinski definition) is 2. The Hall–Kier alpha value is -3.21. The number of carbonyl (C=O) groups excluding carboxylic acids is 3. The van der Waals surface area contributed by atoms with Gasteiger partial charge in [0.15, 0.2) is 5.58 Å². The van der Waals surface area contributed by atoms with E-state index in [1.807, 2.05) is 4.90 Å². The highest BCUT2D eigenvalue weighted by Gasteiger charge is 2.34. The quantitative estimate of drug-likeness (QED) is 0.506. The van der Waals surface area contributed by atoms with Crippen molar-refractivity contribution in [1.82, 2.24) is 14.9 Å². The van der Waals surface area contributed by atoms with Crippen molar-refractivity contribution in [3.63, 3.8) is 0 Å². The number of hydrogen-bond acceptors (Lipinski definition) is 7. The summed E-state index contributed by atoms with van der Waals surface area (Å²) in [7, 11) is 0. The normalized spacial score (nSPS) is 20.4. The van der Waals surface area contributed by atoms with Gasteiger partial charge in [-0.25, -0.2) is 9.97 Å². The van der Waals surface area contributed by atoms with Crippen molar-refractivity contribution < 1.29 is 23.5 Å². The van der Waals surface area contributed by atoms with Crippen LogP contribution in [0.4, 0.5) is 11.5 Å². The molecule has 0 aromatic carbocycles. The first-order valence-corrected chi connectivity index (χ1v) is 12.3. The highest BCUT2D eigenvalue weighted by molar-refractivity contribution is 6.31. The summed E-state index contributed by atoms with van der Waals surface area (Å²) in [5, 5.41) is 6.26. The van der Waals surface area contributed by atoms with Gasteiger partial charge < -0.3 is 24.7 Å². The number of pyridine rings is 2. The number of fused-ring (bicyclic) bond motifs is 1. The van der Waals surface area contributed by atoms with Crippen LogP contribution >= 0.6 is 23.2 Å². The van der Waals surface area contributed by atoms with Crippen LogP contribution in [0, 0.1) is 5.92 Å². The van der Waals surface area contributed by atoms with Crippen molar-refractivity contribution in [2.45, 2.75) is 31.7 Å². The first-order valence-electron chi connectivity index (χ1n) is 11.6. The lowest BCUT2D eigenvalue weighted by Crippen LogP contribution is -2.49. The summed E-state index contributed by atoms with van der Waals surface area (Å²) < 4.78 is 11.0. The van der Waals surface area contributed by atoms with E-state index in [1.54, 1.807) is 12.1 Å². The number of furan rings is 1. The molecule has 0 bridgehead atoms.